The molecule has 1 unspecified atom stereocenters. The van der Waals surface area contributed by atoms with E-state index in [0.29, 0.717) is 39.8 Å². The van der Waals surface area contributed by atoms with E-state index in [4.69, 9.17) is 14.0 Å². The molecule has 1 aromatic heterocycles. The summed E-state index contributed by atoms with van der Waals surface area (Å²) in [5.74, 6) is 1.41. The number of aryl methyl sites for hydroxylation is 2. The monoisotopic (exact) mass is 498 g/mol. The highest BCUT2D eigenvalue weighted by atomic mass is 19.1. The maximum atomic E-state index is 13.5. The zero-order valence-electron chi connectivity index (χ0n) is 20.4. The Hall–Kier alpha value is -4.66. The second kappa shape index (κ2) is 8.77. The van der Waals surface area contributed by atoms with Gasteiger partial charge in [-0.3, -0.25) is 4.90 Å². The van der Waals surface area contributed by atoms with Gasteiger partial charge >= 0.3 is 6.03 Å². The number of allylic oxidation sites excluding steroid dienone is 1. The first kappa shape index (κ1) is 22.8. The van der Waals surface area contributed by atoms with E-state index in [1.165, 1.54) is 12.1 Å². The van der Waals surface area contributed by atoms with Gasteiger partial charge < -0.3 is 19.3 Å². The molecule has 3 heterocycles. The third kappa shape index (κ3) is 3.98. The largest absolute Gasteiger partial charge is 0.454 e. The van der Waals surface area contributed by atoms with Crippen molar-refractivity contribution >= 4 is 17.3 Å². The minimum absolute atomic E-state index is 0.133. The van der Waals surface area contributed by atoms with E-state index in [1.54, 1.807) is 35.2 Å². The molecule has 0 aliphatic carbocycles. The van der Waals surface area contributed by atoms with E-state index in [1.807, 2.05) is 39.0 Å². The smallest absolute Gasteiger partial charge is 0.327 e. The molecule has 0 spiro atoms. The van der Waals surface area contributed by atoms with Gasteiger partial charge in [-0.05, 0) is 73.9 Å². The van der Waals surface area contributed by atoms with Crippen LogP contribution in [0.1, 0.15) is 35.5 Å². The number of nitrogens with zero attached hydrogens (tertiary/aromatic N) is 3. The molecule has 1 atom stereocenters. The van der Waals surface area contributed by atoms with E-state index in [0.717, 1.165) is 16.7 Å². The minimum Gasteiger partial charge on any atom is -0.454 e. The van der Waals surface area contributed by atoms with Crippen LogP contribution < -0.4 is 19.7 Å². The van der Waals surface area contributed by atoms with Gasteiger partial charge in [-0.15, -0.1) is 0 Å². The quantitative estimate of drug-likeness (QED) is 0.376. The zero-order chi connectivity index (χ0) is 25.7. The van der Waals surface area contributed by atoms with Crippen molar-refractivity contribution in [3.8, 4) is 22.9 Å². The Labute approximate surface area is 212 Å². The van der Waals surface area contributed by atoms with Crippen molar-refractivity contribution in [2.24, 2.45) is 0 Å². The summed E-state index contributed by atoms with van der Waals surface area (Å²) in [6.07, 6.45) is 0. The number of carbonyl (C=O) groups excluding carboxylic acids is 1. The van der Waals surface area contributed by atoms with Crippen LogP contribution in [0.15, 0.2) is 70.9 Å². The predicted octanol–water partition coefficient (Wildman–Crippen LogP) is 5.92. The van der Waals surface area contributed by atoms with Crippen molar-refractivity contribution < 1.29 is 23.2 Å². The van der Waals surface area contributed by atoms with Crippen LogP contribution in [-0.4, -0.2) is 23.0 Å². The highest BCUT2D eigenvalue weighted by Crippen LogP contribution is 2.42. The molecule has 0 saturated carbocycles. The summed E-state index contributed by atoms with van der Waals surface area (Å²) in [7, 11) is 0. The van der Waals surface area contributed by atoms with E-state index >= 15 is 0 Å². The Kier molecular flexibility index (Phi) is 5.40. The van der Waals surface area contributed by atoms with Crippen LogP contribution in [0.25, 0.3) is 17.0 Å². The lowest BCUT2D eigenvalue weighted by Crippen LogP contribution is -2.46. The summed E-state index contributed by atoms with van der Waals surface area (Å²) in [6.45, 7) is 6.04. The molecule has 8 nitrogen and oxygen atoms in total. The van der Waals surface area contributed by atoms with Crippen molar-refractivity contribution in [2.75, 3.05) is 11.7 Å². The van der Waals surface area contributed by atoms with Crippen LogP contribution in [0.3, 0.4) is 0 Å². The molecule has 3 aromatic carbocycles. The molecule has 0 fully saturated rings. The molecule has 2 aliphatic heterocycles. The first-order valence-electron chi connectivity index (χ1n) is 11.8. The van der Waals surface area contributed by atoms with Gasteiger partial charge in [0.05, 0.1) is 17.3 Å². The van der Waals surface area contributed by atoms with Gasteiger partial charge in [0.1, 0.15) is 5.82 Å². The van der Waals surface area contributed by atoms with Crippen LogP contribution in [0.2, 0.25) is 0 Å². The Morgan fingerprint density at radius 2 is 1.73 bits per heavy atom. The number of aromatic nitrogens is 2. The summed E-state index contributed by atoms with van der Waals surface area (Å²) in [6, 6.07) is 16.4. The second-order valence-corrected chi connectivity index (χ2v) is 9.03. The second-order valence-electron chi connectivity index (χ2n) is 9.03. The summed E-state index contributed by atoms with van der Waals surface area (Å²) in [5, 5.41) is 7.25. The number of anilines is 1. The molecule has 0 saturated heterocycles. The molecule has 1 N–H and O–H groups in total. The normalized spacial score (nSPS) is 16.8. The maximum Gasteiger partial charge on any atom is 0.327 e. The lowest BCUT2D eigenvalue weighted by molar-refractivity contribution is 0.174. The van der Waals surface area contributed by atoms with Crippen LogP contribution in [0.5, 0.6) is 11.5 Å². The van der Waals surface area contributed by atoms with Crippen LogP contribution in [-0.2, 0) is 0 Å². The topological polar surface area (TPSA) is 89.7 Å². The number of nitrogens with one attached hydrogen (secondary N) is 1. The Balaban J connectivity index is 1.49. The molecular formula is C28H23FN4O4. The number of benzene rings is 3. The number of amides is 2. The molecule has 4 aromatic rings. The van der Waals surface area contributed by atoms with E-state index in [9.17, 15) is 9.18 Å². The molecule has 9 heteroatoms. The zero-order valence-corrected chi connectivity index (χ0v) is 20.4. The lowest BCUT2D eigenvalue weighted by atomic mass is 9.92. The van der Waals surface area contributed by atoms with Crippen molar-refractivity contribution in [3.63, 3.8) is 0 Å². The first-order valence-corrected chi connectivity index (χ1v) is 11.8. The Bertz CT molecular complexity index is 1560. The van der Waals surface area contributed by atoms with Gasteiger partial charge in [-0.2, -0.15) is 4.98 Å². The highest BCUT2D eigenvalue weighted by Gasteiger charge is 2.37. The summed E-state index contributed by atoms with van der Waals surface area (Å²) < 4.78 is 30.1. The summed E-state index contributed by atoms with van der Waals surface area (Å²) in [5.41, 5.74) is 5.63. The average molecular weight is 499 g/mol. The number of ether oxygens (including phenoxy) is 2. The molecule has 2 aliphatic rings. The molecule has 186 valence electrons. The number of urea groups is 1. The number of halogens is 1. The number of carbonyl (C=O) groups is 1. The number of rotatable bonds is 4. The first-order chi connectivity index (χ1) is 17.9. The fraction of sp³-hybridized carbons (Fsp3) is 0.179. The Morgan fingerprint density at radius 1 is 0.946 bits per heavy atom. The molecule has 37 heavy (non-hydrogen) atoms. The molecule has 0 bridgehead atoms. The van der Waals surface area contributed by atoms with E-state index < -0.39 is 6.04 Å². The summed E-state index contributed by atoms with van der Waals surface area (Å²) in [4.78, 5) is 19.7. The standard InChI is InChI=1S/C28H23FN4O4/c1-15-4-5-19(12-16(15)2)25-24(27-31-26(32-37-27)18-6-8-20(29)9-7-18)17(3)33(28(34)30-25)21-10-11-22-23(13-21)36-14-35-22/h4-13,25H,14H2,1-3H3,(H,30,34). The number of hydrogen-bond donors (Lipinski definition) is 1. The van der Waals surface area contributed by atoms with Gasteiger partial charge in [0.2, 0.25) is 12.6 Å². The van der Waals surface area contributed by atoms with E-state index in [-0.39, 0.29) is 24.5 Å². The molecular weight excluding hydrogens is 475 g/mol. The molecule has 2 amide bonds. The van der Waals surface area contributed by atoms with E-state index in [2.05, 4.69) is 15.5 Å². The fourth-order valence-electron chi connectivity index (χ4n) is 4.60. The van der Waals surface area contributed by atoms with Crippen molar-refractivity contribution in [2.45, 2.75) is 26.8 Å². The average Bonchev–Trinajstić information content (AvgIpc) is 3.55. The predicted molar refractivity (Wildman–Crippen MR) is 135 cm³/mol. The fourth-order valence-corrected chi connectivity index (χ4v) is 4.60. The SMILES string of the molecule is CC1=C(c2nc(-c3ccc(F)cc3)no2)C(c2ccc(C)c(C)c2)NC(=O)N1c1ccc2c(c1)OCO2. The minimum atomic E-state index is -0.529. The lowest BCUT2D eigenvalue weighted by Gasteiger charge is -2.35. The van der Waals surface area contributed by atoms with Gasteiger partial charge in [-0.1, -0.05) is 23.4 Å². The third-order valence-corrected chi connectivity index (χ3v) is 6.72. The molecule has 0 radical (unpaired) electrons. The van der Waals surface area contributed by atoms with Crippen molar-refractivity contribution in [1.82, 2.24) is 15.5 Å². The van der Waals surface area contributed by atoms with Crippen molar-refractivity contribution in [1.29, 1.82) is 0 Å². The number of fused-ring (bicyclic) bond motifs is 1. The number of hydrogen-bond acceptors (Lipinski definition) is 6. The van der Waals surface area contributed by atoms with Gasteiger partial charge in [-0.25, -0.2) is 9.18 Å². The van der Waals surface area contributed by atoms with Crippen LogP contribution in [0.4, 0.5) is 14.9 Å². The Morgan fingerprint density at radius 3 is 2.51 bits per heavy atom. The third-order valence-electron chi connectivity index (χ3n) is 6.72. The van der Waals surface area contributed by atoms with Gasteiger partial charge in [0, 0.05) is 17.3 Å². The maximum absolute atomic E-state index is 13.5. The van der Waals surface area contributed by atoms with Gasteiger partial charge in [0.25, 0.3) is 5.89 Å². The van der Waals surface area contributed by atoms with Crippen LogP contribution in [0, 0.1) is 19.7 Å². The molecule has 6 rings (SSSR count). The summed E-state index contributed by atoms with van der Waals surface area (Å²) >= 11 is 0. The van der Waals surface area contributed by atoms with Crippen LogP contribution >= 0.6 is 0 Å². The highest BCUT2D eigenvalue weighted by molar-refractivity contribution is 6.01. The van der Waals surface area contributed by atoms with Crippen molar-refractivity contribution in [3.05, 3.63) is 94.8 Å². The van der Waals surface area contributed by atoms with Gasteiger partial charge in [0.15, 0.2) is 11.5 Å².